The number of hydrogen-bond acceptors (Lipinski definition) is 2. The second kappa shape index (κ2) is 5.87. The van der Waals surface area contributed by atoms with Crippen molar-refractivity contribution in [2.45, 2.75) is 64.1 Å². The van der Waals surface area contributed by atoms with Gasteiger partial charge in [0.05, 0.1) is 0 Å². The standard InChI is InChI=1S/C18H28N2/c1-15-8-4-5-9-17(15)13-20-14-18(19-12-16(20)2)10-6-3-7-11-18/h4-5,8-9,16,19H,3,6-7,10-14H2,1-2H3. The van der Waals surface area contributed by atoms with Gasteiger partial charge in [-0.05, 0) is 37.8 Å². The van der Waals surface area contributed by atoms with E-state index in [4.69, 9.17) is 0 Å². The largest absolute Gasteiger partial charge is 0.308 e. The number of aryl methyl sites for hydroxylation is 1. The number of rotatable bonds is 2. The average Bonchev–Trinajstić information content (AvgIpc) is 2.47. The Morgan fingerprint density at radius 1 is 1.20 bits per heavy atom. The summed E-state index contributed by atoms with van der Waals surface area (Å²) < 4.78 is 0. The van der Waals surface area contributed by atoms with Crippen LogP contribution in [0, 0.1) is 6.92 Å². The monoisotopic (exact) mass is 272 g/mol. The summed E-state index contributed by atoms with van der Waals surface area (Å²) in [7, 11) is 0. The number of piperazine rings is 1. The maximum atomic E-state index is 3.87. The lowest BCUT2D eigenvalue weighted by atomic mass is 9.79. The Kier molecular flexibility index (Phi) is 4.13. The molecule has 1 aromatic carbocycles. The van der Waals surface area contributed by atoms with Gasteiger partial charge in [-0.2, -0.15) is 0 Å². The van der Waals surface area contributed by atoms with Gasteiger partial charge >= 0.3 is 0 Å². The Labute approximate surface area is 123 Å². The van der Waals surface area contributed by atoms with Gasteiger partial charge in [0.1, 0.15) is 0 Å². The molecule has 0 radical (unpaired) electrons. The number of nitrogens with zero attached hydrogens (tertiary/aromatic N) is 1. The highest BCUT2D eigenvalue weighted by molar-refractivity contribution is 5.25. The third kappa shape index (κ3) is 2.91. The lowest BCUT2D eigenvalue weighted by Gasteiger charge is -2.49. The zero-order valence-electron chi connectivity index (χ0n) is 13.0. The van der Waals surface area contributed by atoms with E-state index in [-0.39, 0.29) is 0 Å². The van der Waals surface area contributed by atoms with Crippen molar-refractivity contribution in [1.82, 2.24) is 10.2 Å². The smallest absolute Gasteiger partial charge is 0.0309 e. The van der Waals surface area contributed by atoms with Gasteiger partial charge in [0.15, 0.2) is 0 Å². The molecular weight excluding hydrogens is 244 g/mol. The van der Waals surface area contributed by atoms with Crippen LogP contribution in [0.15, 0.2) is 24.3 Å². The molecule has 3 rings (SSSR count). The molecular formula is C18H28N2. The Morgan fingerprint density at radius 2 is 1.95 bits per heavy atom. The zero-order chi connectivity index (χ0) is 14.0. The summed E-state index contributed by atoms with van der Waals surface area (Å²) >= 11 is 0. The minimum Gasteiger partial charge on any atom is -0.308 e. The second-order valence-electron chi connectivity index (χ2n) is 6.90. The molecule has 0 bridgehead atoms. The molecule has 1 saturated heterocycles. The van der Waals surface area contributed by atoms with Crippen LogP contribution in [0.2, 0.25) is 0 Å². The fraction of sp³-hybridized carbons (Fsp3) is 0.667. The third-order valence-electron chi connectivity index (χ3n) is 5.35. The molecule has 1 atom stereocenters. The molecule has 1 saturated carbocycles. The van der Waals surface area contributed by atoms with Gasteiger partial charge in [-0.3, -0.25) is 4.90 Å². The molecule has 0 amide bonds. The van der Waals surface area contributed by atoms with Crippen molar-refractivity contribution in [2.24, 2.45) is 0 Å². The Hall–Kier alpha value is -0.860. The topological polar surface area (TPSA) is 15.3 Å². The van der Waals surface area contributed by atoms with E-state index < -0.39 is 0 Å². The van der Waals surface area contributed by atoms with Crippen LogP contribution in [0.5, 0.6) is 0 Å². The van der Waals surface area contributed by atoms with Crippen molar-refractivity contribution in [3.8, 4) is 0 Å². The maximum Gasteiger partial charge on any atom is 0.0309 e. The predicted octanol–water partition coefficient (Wildman–Crippen LogP) is 3.49. The first-order valence-electron chi connectivity index (χ1n) is 8.22. The molecule has 2 heteroatoms. The van der Waals surface area contributed by atoms with Gasteiger partial charge in [0.2, 0.25) is 0 Å². The van der Waals surface area contributed by atoms with Gasteiger partial charge in [0.25, 0.3) is 0 Å². The van der Waals surface area contributed by atoms with E-state index >= 15 is 0 Å². The summed E-state index contributed by atoms with van der Waals surface area (Å²) in [5.74, 6) is 0. The van der Waals surface area contributed by atoms with E-state index in [1.54, 1.807) is 0 Å². The van der Waals surface area contributed by atoms with E-state index in [2.05, 4.69) is 48.3 Å². The summed E-state index contributed by atoms with van der Waals surface area (Å²) in [4.78, 5) is 2.70. The number of nitrogens with one attached hydrogen (secondary N) is 1. The van der Waals surface area contributed by atoms with E-state index in [9.17, 15) is 0 Å². The van der Waals surface area contributed by atoms with Crippen LogP contribution in [-0.4, -0.2) is 29.6 Å². The van der Waals surface area contributed by atoms with Crippen LogP contribution in [0.4, 0.5) is 0 Å². The van der Waals surface area contributed by atoms with E-state index in [1.165, 1.54) is 49.8 Å². The molecule has 20 heavy (non-hydrogen) atoms. The normalized spacial score (nSPS) is 26.8. The van der Waals surface area contributed by atoms with Crippen molar-refractivity contribution in [2.75, 3.05) is 13.1 Å². The van der Waals surface area contributed by atoms with Gasteiger partial charge in [-0.15, -0.1) is 0 Å². The van der Waals surface area contributed by atoms with Crippen LogP contribution in [0.1, 0.15) is 50.2 Å². The number of benzene rings is 1. The van der Waals surface area contributed by atoms with E-state index in [0.29, 0.717) is 11.6 Å². The van der Waals surface area contributed by atoms with Crippen molar-refractivity contribution < 1.29 is 0 Å². The highest BCUT2D eigenvalue weighted by Gasteiger charge is 2.38. The first-order chi connectivity index (χ1) is 9.69. The summed E-state index contributed by atoms with van der Waals surface area (Å²) in [5.41, 5.74) is 3.33. The van der Waals surface area contributed by atoms with Crippen molar-refractivity contribution >= 4 is 0 Å². The highest BCUT2D eigenvalue weighted by Crippen LogP contribution is 2.32. The average molecular weight is 272 g/mol. The fourth-order valence-corrected chi connectivity index (χ4v) is 3.88. The molecule has 1 N–H and O–H groups in total. The summed E-state index contributed by atoms with van der Waals surface area (Å²) in [6.07, 6.45) is 6.96. The quantitative estimate of drug-likeness (QED) is 0.886. The van der Waals surface area contributed by atoms with Crippen LogP contribution < -0.4 is 5.32 Å². The zero-order valence-corrected chi connectivity index (χ0v) is 13.0. The highest BCUT2D eigenvalue weighted by atomic mass is 15.2. The lowest BCUT2D eigenvalue weighted by Crippen LogP contribution is -2.63. The van der Waals surface area contributed by atoms with Crippen LogP contribution in [-0.2, 0) is 6.54 Å². The molecule has 1 aromatic rings. The molecule has 1 aliphatic heterocycles. The van der Waals surface area contributed by atoms with E-state index in [1.807, 2.05) is 0 Å². The molecule has 1 spiro atoms. The van der Waals surface area contributed by atoms with Crippen LogP contribution in [0.3, 0.4) is 0 Å². The molecule has 1 heterocycles. The fourth-order valence-electron chi connectivity index (χ4n) is 3.88. The summed E-state index contributed by atoms with van der Waals surface area (Å²) in [6.45, 7) is 8.07. The molecule has 0 aromatic heterocycles. The minimum atomic E-state index is 0.410. The van der Waals surface area contributed by atoms with E-state index in [0.717, 1.165) is 13.1 Å². The van der Waals surface area contributed by atoms with Gasteiger partial charge in [0, 0.05) is 31.2 Å². The molecule has 1 aliphatic carbocycles. The summed E-state index contributed by atoms with van der Waals surface area (Å²) in [5, 5.41) is 3.87. The van der Waals surface area contributed by atoms with Gasteiger partial charge in [-0.25, -0.2) is 0 Å². The first-order valence-corrected chi connectivity index (χ1v) is 8.22. The molecule has 2 fully saturated rings. The number of hydrogen-bond donors (Lipinski definition) is 1. The Balaban J connectivity index is 1.72. The third-order valence-corrected chi connectivity index (χ3v) is 5.35. The van der Waals surface area contributed by atoms with Gasteiger partial charge < -0.3 is 5.32 Å². The minimum absolute atomic E-state index is 0.410. The molecule has 1 unspecified atom stereocenters. The maximum absolute atomic E-state index is 3.87. The van der Waals surface area contributed by atoms with Crippen LogP contribution >= 0.6 is 0 Å². The summed E-state index contributed by atoms with van der Waals surface area (Å²) in [6, 6.07) is 9.48. The van der Waals surface area contributed by atoms with Crippen LogP contribution in [0.25, 0.3) is 0 Å². The lowest BCUT2D eigenvalue weighted by molar-refractivity contribution is 0.0572. The molecule has 2 nitrogen and oxygen atoms in total. The SMILES string of the molecule is Cc1ccccc1CN1CC2(CCCCC2)NCC1C. The first kappa shape index (κ1) is 14.1. The predicted molar refractivity (Wildman–Crippen MR) is 84.9 cm³/mol. The van der Waals surface area contributed by atoms with Gasteiger partial charge in [-0.1, -0.05) is 43.5 Å². The van der Waals surface area contributed by atoms with Crippen molar-refractivity contribution in [3.05, 3.63) is 35.4 Å². The van der Waals surface area contributed by atoms with Crippen molar-refractivity contribution in [1.29, 1.82) is 0 Å². The Bertz CT molecular complexity index is 448. The van der Waals surface area contributed by atoms with Crippen molar-refractivity contribution in [3.63, 3.8) is 0 Å². The second-order valence-corrected chi connectivity index (χ2v) is 6.90. The molecule has 110 valence electrons. The molecule has 2 aliphatic rings. The Morgan fingerprint density at radius 3 is 2.70 bits per heavy atom.